The fourth-order valence-corrected chi connectivity index (χ4v) is 4.82. The van der Waals surface area contributed by atoms with Crippen molar-refractivity contribution in [3.8, 4) is 16.9 Å². The number of hydrogen-bond acceptors (Lipinski definition) is 5. The van der Waals surface area contributed by atoms with Crippen molar-refractivity contribution in [2.24, 2.45) is 0 Å². The molecule has 0 saturated heterocycles. The van der Waals surface area contributed by atoms with E-state index in [1.807, 2.05) is 0 Å². The second kappa shape index (κ2) is 8.06. The molecule has 176 valence electrons. The molecular weight excluding hydrogens is 475 g/mol. The molecule has 0 aliphatic rings. The zero-order valence-corrected chi connectivity index (χ0v) is 18.1. The minimum atomic E-state index is -4.81. The zero-order chi connectivity index (χ0) is 24.8. The molecule has 0 spiro atoms. The first kappa shape index (κ1) is 23.1. The Balaban J connectivity index is 1.79. The van der Waals surface area contributed by atoms with Crippen LogP contribution < -0.4 is 15.8 Å². The number of aryl methyl sites for hydroxylation is 1. The summed E-state index contributed by atoms with van der Waals surface area (Å²) in [7, 11) is -4.38. The number of halogens is 3. The van der Waals surface area contributed by atoms with E-state index < -0.39 is 32.9 Å². The number of phenols is 1. The Labute approximate surface area is 189 Å². The molecule has 1 heterocycles. The van der Waals surface area contributed by atoms with Crippen molar-refractivity contribution in [1.29, 1.82) is 0 Å². The van der Waals surface area contributed by atoms with Crippen molar-refractivity contribution in [2.75, 3.05) is 4.72 Å². The number of aromatic hydroxyl groups is 1. The van der Waals surface area contributed by atoms with E-state index in [0.29, 0.717) is 6.07 Å². The number of fused-ring (bicyclic) bond motifs is 1. The lowest BCUT2D eigenvalue weighted by Crippen LogP contribution is -2.29. The maximum atomic E-state index is 13.8. The number of alkyl halides is 3. The Bertz CT molecular complexity index is 1660. The number of benzene rings is 3. The minimum Gasteiger partial charge on any atom is -0.508 e. The molecule has 4 N–H and O–H groups in total. The third-order valence-electron chi connectivity index (χ3n) is 5.04. The largest absolute Gasteiger partial charge is 0.508 e. The van der Waals surface area contributed by atoms with E-state index in [4.69, 9.17) is 0 Å². The molecular formula is C22H16F3N3O5S. The molecule has 0 bridgehead atoms. The summed E-state index contributed by atoms with van der Waals surface area (Å²) in [6, 6.07) is 10.6. The van der Waals surface area contributed by atoms with E-state index in [0.717, 1.165) is 18.2 Å². The van der Waals surface area contributed by atoms with Gasteiger partial charge in [-0.05, 0) is 60.0 Å². The van der Waals surface area contributed by atoms with Gasteiger partial charge in [-0.2, -0.15) is 13.2 Å². The Morgan fingerprint density at radius 1 is 0.912 bits per heavy atom. The highest BCUT2D eigenvalue weighted by Gasteiger charge is 2.34. The van der Waals surface area contributed by atoms with Gasteiger partial charge in [-0.3, -0.25) is 14.3 Å². The maximum absolute atomic E-state index is 13.8. The van der Waals surface area contributed by atoms with Crippen LogP contribution in [0.3, 0.4) is 0 Å². The average molecular weight is 491 g/mol. The molecule has 0 aliphatic heterocycles. The molecule has 0 unspecified atom stereocenters. The van der Waals surface area contributed by atoms with Crippen molar-refractivity contribution >= 4 is 26.7 Å². The predicted octanol–water partition coefficient (Wildman–Crippen LogP) is 3.72. The summed E-state index contributed by atoms with van der Waals surface area (Å²) >= 11 is 0. The topological polar surface area (TPSA) is 132 Å². The van der Waals surface area contributed by atoms with Gasteiger partial charge in [-0.15, -0.1) is 0 Å². The first-order chi connectivity index (χ1) is 15.8. The van der Waals surface area contributed by atoms with E-state index in [2.05, 4.69) is 14.7 Å². The summed E-state index contributed by atoms with van der Waals surface area (Å²) in [5, 5.41) is 9.62. The van der Waals surface area contributed by atoms with Crippen molar-refractivity contribution in [1.82, 2.24) is 9.97 Å². The van der Waals surface area contributed by atoms with Gasteiger partial charge in [0.05, 0.1) is 21.5 Å². The van der Waals surface area contributed by atoms with Crippen LogP contribution in [0, 0.1) is 6.92 Å². The second-order valence-electron chi connectivity index (χ2n) is 7.49. The van der Waals surface area contributed by atoms with E-state index in [1.165, 1.54) is 37.3 Å². The second-order valence-corrected chi connectivity index (χ2v) is 9.14. The minimum absolute atomic E-state index is 0.0331. The Kier molecular flexibility index (Phi) is 5.48. The summed E-state index contributed by atoms with van der Waals surface area (Å²) in [6.45, 7) is 1.43. The van der Waals surface area contributed by atoms with E-state index >= 15 is 0 Å². The number of sulfonamides is 1. The summed E-state index contributed by atoms with van der Waals surface area (Å²) in [6.07, 6.45) is -4.81. The van der Waals surface area contributed by atoms with E-state index in [9.17, 15) is 36.3 Å². The number of phenolic OH excluding ortho intramolecular Hbond substituents is 1. The van der Waals surface area contributed by atoms with Crippen LogP contribution in [0.2, 0.25) is 0 Å². The fourth-order valence-electron chi connectivity index (χ4n) is 3.52. The number of aromatic nitrogens is 2. The molecule has 4 rings (SSSR count). The first-order valence-electron chi connectivity index (χ1n) is 9.65. The van der Waals surface area contributed by atoms with Gasteiger partial charge in [0.1, 0.15) is 5.75 Å². The van der Waals surface area contributed by atoms with Crippen LogP contribution in [0.1, 0.15) is 11.1 Å². The Morgan fingerprint density at radius 2 is 1.56 bits per heavy atom. The number of H-pyrrole nitrogens is 2. The highest BCUT2D eigenvalue weighted by Crippen LogP contribution is 2.39. The number of anilines is 1. The van der Waals surface area contributed by atoms with Gasteiger partial charge in [0, 0.05) is 5.69 Å². The van der Waals surface area contributed by atoms with Crippen molar-refractivity contribution in [3.63, 3.8) is 0 Å². The lowest BCUT2D eigenvalue weighted by Gasteiger charge is -2.17. The van der Waals surface area contributed by atoms with Gasteiger partial charge in [0.2, 0.25) is 0 Å². The van der Waals surface area contributed by atoms with Crippen molar-refractivity contribution in [2.45, 2.75) is 18.0 Å². The summed E-state index contributed by atoms with van der Waals surface area (Å²) in [4.78, 5) is 27.4. The standard InChI is InChI=1S/C22H16F3N3O5S/c1-11-7-17-18(27-21(31)20(30)26-17)10-19(11)34(32,33)28-13-5-6-15(16(9-13)22(23,24)25)12-3-2-4-14(29)8-12/h2-10,28-29H,1H3,(H,26,30)(H,27,31). The number of aromatic amines is 2. The van der Waals surface area contributed by atoms with Crippen LogP contribution in [0.15, 0.2) is 69.1 Å². The zero-order valence-electron chi connectivity index (χ0n) is 17.3. The lowest BCUT2D eigenvalue weighted by molar-refractivity contribution is -0.137. The smallest absolute Gasteiger partial charge is 0.417 e. The normalized spacial score (nSPS) is 12.1. The molecule has 0 aliphatic carbocycles. The van der Waals surface area contributed by atoms with Crippen LogP contribution in [-0.4, -0.2) is 23.5 Å². The molecule has 0 amide bonds. The average Bonchev–Trinajstić information content (AvgIpc) is 2.73. The molecule has 0 fully saturated rings. The van der Waals surface area contributed by atoms with E-state index in [-0.39, 0.29) is 44.1 Å². The molecule has 0 radical (unpaired) electrons. The van der Waals surface area contributed by atoms with Crippen LogP contribution >= 0.6 is 0 Å². The predicted molar refractivity (Wildman–Crippen MR) is 119 cm³/mol. The van der Waals surface area contributed by atoms with Gasteiger partial charge < -0.3 is 15.1 Å². The van der Waals surface area contributed by atoms with Gasteiger partial charge in [-0.25, -0.2) is 8.42 Å². The SMILES string of the molecule is Cc1cc2[nH]c(=O)c(=O)[nH]c2cc1S(=O)(=O)Nc1ccc(-c2cccc(O)c2)c(C(F)(F)F)c1. The first-order valence-corrected chi connectivity index (χ1v) is 11.1. The monoisotopic (exact) mass is 491 g/mol. The molecule has 12 heteroatoms. The van der Waals surface area contributed by atoms with Crippen molar-refractivity contribution in [3.05, 3.63) is 86.4 Å². The van der Waals surface area contributed by atoms with Crippen LogP contribution in [0.4, 0.5) is 18.9 Å². The van der Waals surface area contributed by atoms with Gasteiger partial charge in [-0.1, -0.05) is 18.2 Å². The third-order valence-corrected chi connectivity index (χ3v) is 6.56. The summed E-state index contributed by atoms with van der Waals surface area (Å²) < 4.78 is 69.4. The Morgan fingerprint density at radius 3 is 2.18 bits per heavy atom. The highest BCUT2D eigenvalue weighted by molar-refractivity contribution is 7.92. The number of nitrogens with one attached hydrogen (secondary N) is 3. The molecule has 1 aromatic heterocycles. The van der Waals surface area contributed by atoms with Crippen LogP contribution in [0.25, 0.3) is 22.2 Å². The number of hydrogen-bond donors (Lipinski definition) is 4. The van der Waals surface area contributed by atoms with Gasteiger partial charge in [0.25, 0.3) is 10.0 Å². The summed E-state index contributed by atoms with van der Waals surface area (Å²) in [5.41, 5.74) is -3.06. The van der Waals surface area contributed by atoms with Gasteiger partial charge >= 0.3 is 17.3 Å². The molecule has 0 atom stereocenters. The van der Waals surface area contributed by atoms with E-state index in [1.54, 1.807) is 0 Å². The molecule has 0 saturated carbocycles. The Hall–Kier alpha value is -4.06. The molecule has 8 nitrogen and oxygen atoms in total. The number of rotatable bonds is 4. The van der Waals surface area contributed by atoms with Crippen LogP contribution in [-0.2, 0) is 16.2 Å². The quantitative estimate of drug-likeness (QED) is 0.323. The highest BCUT2D eigenvalue weighted by atomic mass is 32.2. The molecule has 3 aromatic carbocycles. The summed E-state index contributed by atoms with van der Waals surface area (Å²) in [5.74, 6) is -0.221. The van der Waals surface area contributed by atoms with Gasteiger partial charge in [0.15, 0.2) is 0 Å². The lowest BCUT2D eigenvalue weighted by atomic mass is 9.98. The molecule has 4 aromatic rings. The van der Waals surface area contributed by atoms with Crippen LogP contribution in [0.5, 0.6) is 5.75 Å². The maximum Gasteiger partial charge on any atom is 0.417 e. The molecule has 34 heavy (non-hydrogen) atoms. The fraction of sp³-hybridized carbons (Fsp3) is 0.0909. The third kappa shape index (κ3) is 4.39. The van der Waals surface area contributed by atoms with Crippen molar-refractivity contribution < 1.29 is 26.7 Å².